The Hall–Kier alpha value is -2.50. The number of hydrogen-bond acceptors (Lipinski definition) is 4. The lowest BCUT2D eigenvalue weighted by molar-refractivity contribution is -0.122. The minimum Gasteiger partial charge on any atom is -0.483 e. The van der Waals surface area contributed by atoms with E-state index in [1.807, 2.05) is 18.3 Å². The van der Waals surface area contributed by atoms with Crippen LogP contribution >= 0.6 is 0 Å². The first-order valence-corrected chi connectivity index (χ1v) is 7.80. The predicted molar refractivity (Wildman–Crippen MR) is 82.4 cm³/mol. The van der Waals surface area contributed by atoms with Crippen LogP contribution in [-0.2, 0) is 10.3 Å². The molecule has 1 aromatic carbocycles. The third kappa shape index (κ3) is 2.34. The largest absolute Gasteiger partial charge is 0.483 e. The molecule has 23 heavy (non-hydrogen) atoms. The van der Waals surface area contributed by atoms with Gasteiger partial charge in [0.2, 0.25) is 6.79 Å². The van der Waals surface area contributed by atoms with E-state index in [1.54, 1.807) is 0 Å². The van der Waals surface area contributed by atoms with Crippen LogP contribution in [-0.4, -0.2) is 27.9 Å². The summed E-state index contributed by atoms with van der Waals surface area (Å²) in [6.07, 6.45) is 9.41. The monoisotopic (exact) mass is 314 g/mol. The molecule has 2 aliphatic carbocycles. The average molecular weight is 314 g/mol. The molecule has 0 amide bonds. The van der Waals surface area contributed by atoms with E-state index in [2.05, 4.69) is 21.8 Å². The number of aromatic nitrogens is 2. The van der Waals surface area contributed by atoms with Crippen molar-refractivity contribution in [2.75, 3.05) is 6.79 Å². The van der Waals surface area contributed by atoms with E-state index in [-0.39, 0.29) is 6.47 Å². The molecule has 0 radical (unpaired) electrons. The van der Waals surface area contributed by atoms with Crippen LogP contribution in [0.25, 0.3) is 11.4 Å². The average Bonchev–Trinajstić information content (AvgIpc) is 3.46. The standard InChI is InChI=1S/C16H16N2O2.CH2O2/c1-4-13-14(20-10-19-13)9-11(1)15-17-7-8-18(15)16(5-6-16)12-2-3-12;2-1-3/h1,4,7-9,12H,2-3,5-6,10H2;1H,(H,2,3). The number of rotatable bonds is 3. The lowest BCUT2D eigenvalue weighted by Crippen LogP contribution is -2.19. The number of carbonyl (C=O) groups is 1. The molecule has 1 aliphatic heterocycles. The van der Waals surface area contributed by atoms with E-state index in [0.29, 0.717) is 12.3 Å². The van der Waals surface area contributed by atoms with Gasteiger partial charge in [0.1, 0.15) is 5.82 Å². The Balaban J connectivity index is 0.000000421. The van der Waals surface area contributed by atoms with Crippen LogP contribution in [0.15, 0.2) is 30.6 Å². The fourth-order valence-corrected chi connectivity index (χ4v) is 3.51. The van der Waals surface area contributed by atoms with E-state index in [9.17, 15) is 0 Å². The highest BCUT2D eigenvalue weighted by Gasteiger charge is 2.55. The molecule has 3 aliphatic rings. The first-order chi connectivity index (χ1) is 11.3. The lowest BCUT2D eigenvalue weighted by atomic mass is 10.1. The minimum atomic E-state index is -0.250. The maximum atomic E-state index is 8.36. The first-order valence-electron chi connectivity index (χ1n) is 7.80. The number of fused-ring (bicyclic) bond motifs is 1. The number of ether oxygens (including phenoxy) is 2. The van der Waals surface area contributed by atoms with Crippen LogP contribution in [0.3, 0.4) is 0 Å². The molecular weight excluding hydrogens is 296 g/mol. The van der Waals surface area contributed by atoms with Crippen molar-refractivity contribution in [1.82, 2.24) is 9.55 Å². The number of imidazole rings is 1. The zero-order valence-electron chi connectivity index (χ0n) is 12.6. The topological polar surface area (TPSA) is 73.6 Å². The molecule has 0 atom stereocenters. The summed E-state index contributed by atoms with van der Waals surface area (Å²) in [5.74, 6) is 3.58. The van der Waals surface area contributed by atoms with Gasteiger partial charge in [-0.1, -0.05) is 0 Å². The molecule has 2 fully saturated rings. The fraction of sp³-hybridized carbons (Fsp3) is 0.412. The highest BCUT2D eigenvalue weighted by molar-refractivity contribution is 5.62. The van der Waals surface area contributed by atoms with Gasteiger partial charge in [-0.25, -0.2) is 4.98 Å². The molecule has 2 heterocycles. The van der Waals surface area contributed by atoms with Gasteiger partial charge >= 0.3 is 0 Å². The second-order valence-corrected chi connectivity index (χ2v) is 6.17. The van der Waals surface area contributed by atoms with Crippen LogP contribution in [0.1, 0.15) is 25.7 Å². The van der Waals surface area contributed by atoms with Crippen LogP contribution in [0.2, 0.25) is 0 Å². The lowest BCUT2D eigenvalue weighted by Gasteiger charge is -2.19. The highest BCUT2D eigenvalue weighted by atomic mass is 16.7. The second-order valence-electron chi connectivity index (χ2n) is 6.17. The Bertz CT molecular complexity index is 732. The Morgan fingerprint density at radius 1 is 1.26 bits per heavy atom. The molecule has 1 aromatic heterocycles. The van der Waals surface area contributed by atoms with Gasteiger partial charge in [0, 0.05) is 23.5 Å². The number of nitrogens with zero attached hydrogens (tertiary/aromatic N) is 2. The molecule has 1 N–H and O–H groups in total. The van der Waals surface area contributed by atoms with E-state index in [0.717, 1.165) is 28.8 Å². The van der Waals surface area contributed by atoms with Crippen molar-refractivity contribution in [3.8, 4) is 22.9 Å². The molecule has 120 valence electrons. The molecule has 6 nitrogen and oxygen atoms in total. The van der Waals surface area contributed by atoms with Crippen molar-refractivity contribution in [1.29, 1.82) is 0 Å². The molecule has 0 unspecified atom stereocenters. The second kappa shape index (κ2) is 5.30. The summed E-state index contributed by atoms with van der Waals surface area (Å²) < 4.78 is 13.3. The normalized spacial score (nSPS) is 19.7. The molecular formula is C17H18N2O4. The minimum absolute atomic E-state index is 0.250. The van der Waals surface area contributed by atoms with Gasteiger partial charge in [0.15, 0.2) is 11.5 Å². The zero-order chi connectivity index (χ0) is 15.9. The molecule has 0 saturated heterocycles. The molecule has 5 rings (SSSR count). The number of benzene rings is 1. The van der Waals surface area contributed by atoms with E-state index >= 15 is 0 Å². The summed E-state index contributed by atoms with van der Waals surface area (Å²) in [5, 5.41) is 6.89. The highest BCUT2D eigenvalue weighted by Crippen LogP contribution is 2.60. The summed E-state index contributed by atoms with van der Waals surface area (Å²) in [4.78, 5) is 13.0. The molecule has 2 saturated carbocycles. The molecule has 6 heteroatoms. The molecule has 2 aromatic rings. The Morgan fingerprint density at radius 3 is 2.70 bits per heavy atom. The van der Waals surface area contributed by atoms with Gasteiger partial charge in [-0.05, 0) is 49.8 Å². The van der Waals surface area contributed by atoms with Crippen molar-refractivity contribution >= 4 is 6.47 Å². The van der Waals surface area contributed by atoms with Crippen LogP contribution in [0.4, 0.5) is 0 Å². The van der Waals surface area contributed by atoms with Gasteiger partial charge in [-0.2, -0.15) is 0 Å². The number of hydrogen-bond donors (Lipinski definition) is 1. The van der Waals surface area contributed by atoms with Gasteiger partial charge in [-0.3, -0.25) is 4.79 Å². The van der Waals surface area contributed by atoms with E-state index < -0.39 is 0 Å². The summed E-state index contributed by atoms with van der Waals surface area (Å²) in [7, 11) is 0. The van der Waals surface area contributed by atoms with Crippen molar-refractivity contribution in [2.45, 2.75) is 31.2 Å². The molecule has 0 spiro atoms. The summed E-state index contributed by atoms with van der Waals surface area (Å²) in [6, 6.07) is 6.10. The summed E-state index contributed by atoms with van der Waals surface area (Å²) >= 11 is 0. The Morgan fingerprint density at radius 2 is 2.00 bits per heavy atom. The molecule has 0 bridgehead atoms. The van der Waals surface area contributed by atoms with Gasteiger partial charge in [0.25, 0.3) is 6.47 Å². The quantitative estimate of drug-likeness (QED) is 0.882. The third-order valence-electron chi connectivity index (χ3n) is 4.85. The zero-order valence-corrected chi connectivity index (χ0v) is 12.6. The van der Waals surface area contributed by atoms with Crippen LogP contribution in [0, 0.1) is 5.92 Å². The van der Waals surface area contributed by atoms with Crippen molar-refractivity contribution < 1.29 is 19.4 Å². The Kier molecular flexibility index (Phi) is 3.25. The Labute approximate surface area is 133 Å². The van der Waals surface area contributed by atoms with Gasteiger partial charge in [-0.15, -0.1) is 0 Å². The van der Waals surface area contributed by atoms with Crippen molar-refractivity contribution in [2.24, 2.45) is 5.92 Å². The van der Waals surface area contributed by atoms with E-state index in [1.165, 1.54) is 25.7 Å². The SMILES string of the molecule is O=CO.c1cn(C2(C3CC3)CC2)c(-c2ccc3c(c2)OCO3)n1. The summed E-state index contributed by atoms with van der Waals surface area (Å²) in [6.45, 7) is 0.0687. The predicted octanol–water partition coefficient (Wildman–Crippen LogP) is 2.88. The van der Waals surface area contributed by atoms with Crippen LogP contribution < -0.4 is 9.47 Å². The van der Waals surface area contributed by atoms with Crippen molar-refractivity contribution in [3.05, 3.63) is 30.6 Å². The first kappa shape index (κ1) is 14.1. The number of carboxylic acid groups (broad SMARTS) is 1. The third-order valence-corrected chi connectivity index (χ3v) is 4.85. The smallest absolute Gasteiger partial charge is 0.290 e. The summed E-state index contributed by atoms with van der Waals surface area (Å²) in [5.41, 5.74) is 1.48. The van der Waals surface area contributed by atoms with Crippen molar-refractivity contribution in [3.63, 3.8) is 0 Å². The fourth-order valence-electron chi connectivity index (χ4n) is 3.51. The van der Waals surface area contributed by atoms with E-state index in [4.69, 9.17) is 19.4 Å². The van der Waals surface area contributed by atoms with Crippen LogP contribution in [0.5, 0.6) is 11.5 Å². The van der Waals surface area contributed by atoms with Gasteiger partial charge < -0.3 is 19.1 Å². The maximum absolute atomic E-state index is 8.36. The maximum Gasteiger partial charge on any atom is 0.290 e. The van der Waals surface area contributed by atoms with Gasteiger partial charge in [0.05, 0.1) is 0 Å².